The van der Waals surface area contributed by atoms with Gasteiger partial charge in [0.25, 0.3) is 5.91 Å². The molecular weight excluding hydrogens is 446 g/mol. The number of ether oxygens (including phenoxy) is 1. The van der Waals surface area contributed by atoms with Crippen molar-refractivity contribution in [1.29, 1.82) is 0 Å². The molecule has 0 radical (unpaired) electrons. The minimum absolute atomic E-state index is 0.0167. The largest absolute Gasteiger partial charge is 0.480 e. The molecule has 180 valence electrons. The van der Waals surface area contributed by atoms with Gasteiger partial charge in [0.15, 0.2) is 0 Å². The van der Waals surface area contributed by atoms with Gasteiger partial charge in [0.1, 0.15) is 24.2 Å². The van der Waals surface area contributed by atoms with Crippen molar-refractivity contribution in [3.05, 3.63) is 83.6 Å². The topological polar surface area (TPSA) is 118 Å². The maximum Gasteiger partial charge on any atom is 0.412 e. The molecule has 0 spiro atoms. The van der Waals surface area contributed by atoms with E-state index >= 15 is 0 Å². The third-order valence-electron chi connectivity index (χ3n) is 5.94. The number of amides is 2. The number of nitrogens with zero attached hydrogens (tertiary/aromatic N) is 1. The van der Waals surface area contributed by atoms with Crippen LogP contribution in [0.1, 0.15) is 48.3 Å². The molecule has 2 aromatic carbocycles. The molecule has 4 rings (SSSR count). The van der Waals surface area contributed by atoms with Crippen molar-refractivity contribution < 1.29 is 24.2 Å². The summed E-state index contributed by atoms with van der Waals surface area (Å²) in [6.45, 7) is 5.30. The molecule has 0 fully saturated rings. The average Bonchev–Trinajstić information content (AvgIpc) is 3.14. The lowest BCUT2D eigenvalue weighted by atomic mass is 9.86. The van der Waals surface area contributed by atoms with Crippen LogP contribution in [0.25, 0.3) is 11.1 Å². The molecule has 8 nitrogen and oxygen atoms in total. The minimum atomic E-state index is -1.14. The van der Waals surface area contributed by atoms with Crippen molar-refractivity contribution in [2.24, 2.45) is 5.41 Å². The molecule has 8 heteroatoms. The maximum absolute atomic E-state index is 12.6. The minimum Gasteiger partial charge on any atom is -0.480 e. The molecule has 1 aliphatic rings. The van der Waals surface area contributed by atoms with Crippen molar-refractivity contribution in [3.8, 4) is 11.1 Å². The van der Waals surface area contributed by atoms with E-state index in [0.29, 0.717) is 0 Å². The number of aromatic nitrogens is 1. The first-order valence-corrected chi connectivity index (χ1v) is 11.3. The Morgan fingerprint density at radius 2 is 1.54 bits per heavy atom. The molecule has 0 saturated heterocycles. The fourth-order valence-electron chi connectivity index (χ4n) is 4.22. The molecule has 2 amide bonds. The van der Waals surface area contributed by atoms with E-state index in [0.717, 1.165) is 22.3 Å². The smallest absolute Gasteiger partial charge is 0.412 e. The first-order chi connectivity index (χ1) is 16.6. The monoisotopic (exact) mass is 473 g/mol. The van der Waals surface area contributed by atoms with Crippen LogP contribution in [-0.2, 0) is 9.53 Å². The number of pyridine rings is 1. The highest BCUT2D eigenvalue weighted by Crippen LogP contribution is 2.44. The predicted molar refractivity (Wildman–Crippen MR) is 131 cm³/mol. The Labute approximate surface area is 203 Å². The fourth-order valence-corrected chi connectivity index (χ4v) is 4.22. The van der Waals surface area contributed by atoms with Gasteiger partial charge in [-0.15, -0.1) is 0 Å². The van der Waals surface area contributed by atoms with Gasteiger partial charge in [0.2, 0.25) is 0 Å². The molecule has 0 aliphatic heterocycles. The zero-order valence-corrected chi connectivity index (χ0v) is 19.7. The lowest BCUT2D eigenvalue weighted by molar-refractivity contribution is -0.142. The third kappa shape index (κ3) is 5.16. The standard InChI is InChI=1S/C27H27N3O5/c1-27(2,3)23(25(32)33)30-24(31)21-13-8-14-22(28-21)29-26(34)35-15-20-18-11-6-4-9-16(18)17-10-5-7-12-19(17)20/h4-14,20,23H,15H2,1-3H3,(H,30,31)(H,32,33)(H,28,29,34). The number of nitrogens with one attached hydrogen (secondary N) is 2. The van der Waals surface area contributed by atoms with Crippen LogP contribution in [0.15, 0.2) is 66.7 Å². The highest BCUT2D eigenvalue weighted by molar-refractivity contribution is 5.96. The Balaban J connectivity index is 1.41. The lowest BCUT2D eigenvalue weighted by Crippen LogP contribution is -2.49. The van der Waals surface area contributed by atoms with Gasteiger partial charge in [-0.3, -0.25) is 10.1 Å². The quantitative estimate of drug-likeness (QED) is 0.479. The van der Waals surface area contributed by atoms with Gasteiger partial charge >= 0.3 is 12.1 Å². The summed E-state index contributed by atoms with van der Waals surface area (Å²) in [4.78, 5) is 40.8. The van der Waals surface area contributed by atoms with Crippen LogP contribution >= 0.6 is 0 Å². The van der Waals surface area contributed by atoms with Crippen molar-refractivity contribution in [3.63, 3.8) is 0 Å². The van der Waals surface area contributed by atoms with Gasteiger partial charge in [-0.05, 0) is 39.8 Å². The molecule has 1 atom stereocenters. The fraction of sp³-hybridized carbons (Fsp3) is 0.259. The molecule has 1 unspecified atom stereocenters. The number of hydrogen-bond acceptors (Lipinski definition) is 5. The normalized spacial score (nSPS) is 13.3. The first kappa shape index (κ1) is 23.9. The second-order valence-electron chi connectivity index (χ2n) is 9.47. The van der Waals surface area contributed by atoms with E-state index in [4.69, 9.17) is 4.74 Å². The summed E-state index contributed by atoms with van der Waals surface area (Å²) in [5.41, 5.74) is 3.76. The number of benzene rings is 2. The van der Waals surface area contributed by atoms with Crippen molar-refractivity contribution >= 4 is 23.8 Å². The Hall–Kier alpha value is -4.20. The van der Waals surface area contributed by atoms with Gasteiger partial charge in [-0.1, -0.05) is 75.4 Å². The third-order valence-corrected chi connectivity index (χ3v) is 5.94. The van der Waals surface area contributed by atoms with Crippen LogP contribution in [0.4, 0.5) is 10.6 Å². The number of carbonyl (C=O) groups is 3. The number of aliphatic carboxylic acids is 1. The van der Waals surface area contributed by atoms with E-state index < -0.39 is 29.4 Å². The molecule has 1 aliphatic carbocycles. The van der Waals surface area contributed by atoms with E-state index in [9.17, 15) is 19.5 Å². The van der Waals surface area contributed by atoms with Gasteiger partial charge in [-0.25, -0.2) is 14.6 Å². The first-order valence-electron chi connectivity index (χ1n) is 11.3. The zero-order valence-electron chi connectivity index (χ0n) is 19.7. The number of carboxylic acids is 1. The number of carbonyl (C=O) groups excluding carboxylic acids is 2. The summed E-state index contributed by atoms with van der Waals surface area (Å²) >= 11 is 0. The predicted octanol–water partition coefficient (Wildman–Crippen LogP) is 4.67. The molecule has 0 bridgehead atoms. The summed E-state index contributed by atoms with van der Waals surface area (Å²) < 4.78 is 5.52. The van der Waals surface area contributed by atoms with E-state index in [1.54, 1.807) is 26.8 Å². The summed E-state index contributed by atoms with van der Waals surface area (Å²) in [6.07, 6.45) is -0.699. The van der Waals surface area contributed by atoms with Crippen LogP contribution in [0.3, 0.4) is 0 Å². The summed E-state index contributed by atoms with van der Waals surface area (Å²) in [5.74, 6) is -1.75. The molecule has 0 saturated carbocycles. The van der Waals surface area contributed by atoms with Crippen LogP contribution in [0.2, 0.25) is 0 Å². The summed E-state index contributed by atoms with van der Waals surface area (Å²) in [5, 5.41) is 14.5. The lowest BCUT2D eigenvalue weighted by Gasteiger charge is -2.27. The summed E-state index contributed by atoms with van der Waals surface area (Å²) in [6, 6.07) is 19.5. The van der Waals surface area contributed by atoms with Crippen molar-refractivity contribution in [2.45, 2.75) is 32.7 Å². The number of carboxylic acid groups (broad SMARTS) is 1. The Morgan fingerprint density at radius 3 is 2.11 bits per heavy atom. The maximum atomic E-state index is 12.6. The molecule has 3 aromatic rings. The molecule has 35 heavy (non-hydrogen) atoms. The van der Waals surface area contributed by atoms with E-state index in [-0.39, 0.29) is 24.0 Å². The number of hydrogen-bond donors (Lipinski definition) is 3. The van der Waals surface area contributed by atoms with Gasteiger partial charge < -0.3 is 15.2 Å². The SMILES string of the molecule is CC(C)(C)C(NC(=O)c1cccc(NC(=O)OCC2c3ccccc3-c3ccccc32)n1)C(=O)O. The molecule has 1 aromatic heterocycles. The molecular formula is C27H27N3O5. The van der Waals surface area contributed by atoms with Gasteiger partial charge in [0, 0.05) is 5.92 Å². The second-order valence-corrected chi connectivity index (χ2v) is 9.47. The van der Waals surface area contributed by atoms with Crippen LogP contribution in [-0.4, -0.2) is 40.7 Å². The zero-order chi connectivity index (χ0) is 25.2. The van der Waals surface area contributed by atoms with Crippen LogP contribution in [0.5, 0.6) is 0 Å². The molecule has 3 N–H and O–H groups in total. The molecule has 1 heterocycles. The highest BCUT2D eigenvalue weighted by atomic mass is 16.5. The Morgan fingerprint density at radius 1 is 0.943 bits per heavy atom. The summed E-state index contributed by atoms with van der Waals surface area (Å²) in [7, 11) is 0. The van der Waals surface area contributed by atoms with Crippen molar-refractivity contribution in [1.82, 2.24) is 10.3 Å². The van der Waals surface area contributed by atoms with E-state index in [1.165, 1.54) is 12.1 Å². The van der Waals surface area contributed by atoms with Crippen LogP contribution < -0.4 is 10.6 Å². The van der Waals surface area contributed by atoms with Gasteiger partial charge in [-0.2, -0.15) is 0 Å². The van der Waals surface area contributed by atoms with Crippen molar-refractivity contribution in [2.75, 3.05) is 11.9 Å². The number of rotatable bonds is 6. The Kier molecular flexibility index (Phi) is 6.55. The number of fused-ring (bicyclic) bond motifs is 3. The van der Waals surface area contributed by atoms with E-state index in [2.05, 4.69) is 27.8 Å². The average molecular weight is 474 g/mol. The number of anilines is 1. The second kappa shape index (κ2) is 9.58. The Bertz CT molecular complexity index is 1240. The van der Waals surface area contributed by atoms with Crippen LogP contribution in [0, 0.1) is 5.41 Å². The highest BCUT2D eigenvalue weighted by Gasteiger charge is 2.33. The van der Waals surface area contributed by atoms with E-state index in [1.807, 2.05) is 36.4 Å². The van der Waals surface area contributed by atoms with Gasteiger partial charge in [0.05, 0.1) is 0 Å².